The van der Waals surface area contributed by atoms with E-state index in [1.54, 1.807) is 0 Å². The van der Waals surface area contributed by atoms with Gasteiger partial charge < -0.3 is 24.8 Å². The van der Waals surface area contributed by atoms with Crippen LogP contribution in [-0.2, 0) is 4.74 Å². The number of guanidine groups is 1. The molecule has 0 radical (unpaired) electrons. The molecule has 0 spiro atoms. The molecule has 1 atom stereocenters. The van der Waals surface area contributed by atoms with Crippen LogP contribution in [0.1, 0.15) is 42.6 Å². The molecule has 30 heavy (non-hydrogen) atoms. The van der Waals surface area contributed by atoms with Crippen molar-refractivity contribution in [3.63, 3.8) is 0 Å². The van der Waals surface area contributed by atoms with Crippen LogP contribution >= 0.6 is 0 Å². The molecule has 1 aromatic rings. The van der Waals surface area contributed by atoms with Crippen molar-refractivity contribution in [1.82, 2.24) is 20.0 Å². The van der Waals surface area contributed by atoms with Gasteiger partial charge in [-0.2, -0.15) is 0 Å². The fraction of sp³-hybridized carbons (Fsp3) is 0.708. The number of nitrogens with one attached hydrogen (secondary N) is 1. The van der Waals surface area contributed by atoms with E-state index in [1.807, 2.05) is 7.05 Å². The summed E-state index contributed by atoms with van der Waals surface area (Å²) in [4.78, 5) is 12.0. The number of aliphatic imine (C=N–C) groups is 1. The molecule has 6 heteroatoms. The van der Waals surface area contributed by atoms with Crippen LogP contribution in [0.4, 0.5) is 0 Å². The number of likely N-dealkylation sites (N-methyl/N-ethyl adjacent to an activating group) is 1. The highest BCUT2D eigenvalue weighted by atomic mass is 16.5. The number of rotatable bonds is 7. The van der Waals surface area contributed by atoms with Crippen molar-refractivity contribution in [2.75, 3.05) is 72.6 Å². The van der Waals surface area contributed by atoms with Crippen molar-refractivity contribution in [3.8, 4) is 0 Å². The van der Waals surface area contributed by atoms with Crippen LogP contribution in [0.25, 0.3) is 0 Å². The summed E-state index contributed by atoms with van der Waals surface area (Å²) in [6.45, 7) is 17.3. The molecule has 0 aliphatic carbocycles. The van der Waals surface area contributed by atoms with E-state index >= 15 is 0 Å². The zero-order valence-electron chi connectivity index (χ0n) is 19.5. The molecule has 1 N–H and O–H groups in total. The largest absolute Gasteiger partial charge is 0.370 e. The van der Waals surface area contributed by atoms with Gasteiger partial charge in [0, 0.05) is 46.3 Å². The molecule has 2 saturated heterocycles. The number of ether oxygens (including phenoxy) is 1. The molecule has 2 aliphatic rings. The maximum Gasteiger partial charge on any atom is 0.193 e. The third-order valence-electron chi connectivity index (χ3n) is 6.45. The van der Waals surface area contributed by atoms with E-state index in [-0.39, 0.29) is 6.10 Å². The fourth-order valence-electron chi connectivity index (χ4n) is 4.54. The average Bonchev–Trinajstić information content (AvgIpc) is 2.77. The van der Waals surface area contributed by atoms with Crippen LogP contribution < -0.4 is 5.32 Å². The third-order valence-corrected chi connectivity index (χ3v) is 6.45. The van der Waals surface area contributed by atoms with Crippen LogP contribution in [-0.4, -0.2) is 93.2 Å². The third kappa shape index (κ3) is 6.43. The maximum atomic E-state index is 6.10. The van der Waals surface area contributed by atoms with Crippen LogP contribution in [0.15, 0.2) is 23.2 Å². The van der Waals surface area contributed by atoms with E-state index in [0.29, 0.717) is 0 Å². The summed E-state index contributed by atoms with van der Waals surface area (Å²) >= 11 is 0. The second-order valence-corrected chi connectivity index (χ2v) is 8.62. The molecular formula is C24H41N5O. The molecule has 0 aromatic heterocycles. The second-order valence-electron chi connectivity index (χ2n) is 8.62. The number of piperazine rings is 1. The molecule has 2 fully saturated rings. The van der Waals surface area contributed by atoms with Gasteiger partial charge in [-0.15, -0.1) is 0 Å². The number of aryl methyl sites for hydroxylation is 2. The van der Waals surface area contributed by atoms with Crippen LogP contribution in [0.3, 0.4) is 0 Å². The Bertz CT molecular complexity index is 684. The number of hydrogen-bond acceptors (Lipinski definition) is 4. The van der Waals surface area contributed by atoms with Crippen molar-refractivity contribution >= 4 is 5.96 Å². The molecule has 168 valence electrons. The lowest BCUT2D eigenvalue weighted by Gasteiger charge is -2.36. The van der Waals surface area contributed by atoms with Crippen LogP contribution in [0.2, 0.25) is 0 Å². The second kappa shape index (κ2) is 11.7. The summed E-state index contributed by atoms with van der Waals surface area (Å²) < 4.78 is 6.10. The Morgan fingerprint density at radius 3 is 2.57 bits per heavy atom. The highest BCUT2D eigenvalue weighted by Crippen LogP contribution is 2.25. The minimum atomic E-state index is 0.111. The number of benzene rings is 1. The first kappa shape index (κ1) is 23.0. The quantitative estimate of drug-likeness (QED) is 0.421. The van der Waals surface area contributed by atoms with Gasteiger partial charge in [0.2, 0.25) is 0 Å². The molecule has 0 bridgehead atoms. The number of unbranched alkanes of at least 4 members (excludes halogenated alkanes) is 1. The Morgan fingerprint density at radius 1 is 1.10 bits per heavy atom. The van der Waals surface area contributed by atoms with Crippen LogP contribution in [0.5, 0.6) is 0 Å². The number of hydrogen-bond donors (Lipinski definition) is 1. The minimum absolute atomic E-state index is 0.111. The van der Waals surface area contributed by atoms with Gasteiger partial charge in [-0.25, -0.2) is 0 Å². The van der Waals surface area contributed by atoms with E-state index in [1.165, 1.54) is 68.8 Å². The van der Waals surface area contributed by atoms with Crippen molar-refractivity contribution in [2.24, 2.45) is 4.99 Å². The molecule has 6 nitrogen and oxygen atoms in total. The van der Waals surface area contributed by atoms with E-state index in [4.69, 9.17) is 4.74 Å². The number of morpholine rings is 1. The van der Waals surface area contributed by atoms with Gasteiger partial charge in [0.15, 0.2) is 5.96 Å². The van der Waals surface area contributed by atoms with E-state index in [2.05, 4.69) is 64.0 Å². The summed E-state index contributed by atoms with van der Waals surface area (Å²) in [7, 11) is 1.89. The summed E-state index contributed by atoms with van der Waals surface area (Å²) in [6, 6.07) is 6.64. The van der Waals surface area contributed by atoms with E-state index in [0.717, 1.165) is 32.2 Å². The minimum Gasteiger partial charge on any atom is -0.370 e. The molecule has 1 unspecified atom stereocenters. The molecule has 2 aliphatic heterocycles. The fourth-order valence-corrected chi connectivity index (χ4v) is 4.54. The summed E-state index contributed by atoms with van der Waals surface area (Å²) in [5.41, 5.74) is 3.90. The SMILES string of the molecule is CCN1CCN(CCCCNC(=NC)N2CCOC(c3ccc(C)cc3C)C2)CC1. The van der Waals surface area contributed by atoms with Crippen molar-refractivity contribution < 1.29 is 4.74 Å². The highest BCUT2D eigenvalue weighted by molar-refractivity contribution is 5.80. The van der Waals surface area contributed by atoms with Gasteiger partial charge in [-0.1, -0.05) is 30.7 Å². The maximum absolute atomic E-state index is 6.10. The zero-order valence-corrected chi connectivity index (χ0v) is 19.5. The zero-order chi connectivity index (χ0) is 21.3. The smallest absolute Gasteiger partial charge is 0.193 e. The van der Waals surface area contributed by atoms with Gasteiger partial charge in [0.1, 0.15) is 6.10 Å². The lowest BCUT2D eigenvalue weighted by Crippen LogP contribution is -2.48. The van der Waals surface area contributed by atoms with Crippen molar-refractivity contribution in [1.29, 1.82) is 0 Å². The molecular weight excluding hydrogens is 374 g/mol. The molecule has 0 amide bonds. The lowest BCUT2D eigenvalue weighted by molar-refractivity contribution is -0.00831. The van der Waals surface area contributed by atoms with Gasteiger partial charge >= 0.3 is 0 Å². The van der Waals surface area contributed by atoms with Gasteiger partial charge in [0.25, 0.3) is 0 Å². The lowest BCUT2D eigenvalue weighted by atomic mass is 10.00. The van der Waals surface area contributed by atoms with Gasteiger partial charge in [-0.05, 0) is 50.9 Å². The van der Waals surface area contributed by atoms with Gasteiger partial charge in [0.05, 0.1) is 13.2 Å². The van der Waals surface area contributed by atoms with Gasteiger partial charge in [-0.3, -0.25) is 4.99 Å². The normalized spacial score (nSPS) is 21.8. The number of nitrogens with zero attached hydrogens (tertiary/aromatic N) is 4. The Morgan fingerprint density at radius 2 is 1.87 bits per heavy atom. The Hall–Kier alpha value is -1.63. The predicted octanol–water partition coefficient (Wildman–Crippen LogP) is 2.67. The summed E-state index contributed by atoms with van der Waals surface area (Å²) in [5, 5.41) is 3.58. The highest BCUT2D eigenvalue weighted by Gasteiger charge is 2.25. The molecule has 0 saturated carbocycles. The Labute approximate surface area is 183 Å². The Balaban J connectivity index is 1.40. The first-order valence-corrected chi connectivity index (χ1v) is 11.7. The standard InChI is InChI=1S/C24H41N5O/c1-5-27-12-14-28(15-13-27)11-7-6-10-26-24(25-4)29-16-17-30-23(19-29)22-9-8-20(2)18-21(22)3/h8-9,18,23H,5-7,10-17,19H2,1-4H3,(H,25,26). The molecule has 3 rings (SSSR count). The Kier molecular flexibility index (Phi) is 8.97. The first-order valence-electron chi connectivity index (χ1n) is 11.7. The van der Waals surface area contributed by atoms with E-state index < -0.39 is 0 Å². The monoisotopic (exact) mass is 415 g/mol. The topological polar surface area (TPSA) is 43.3 Å². The summed E-state index contributed by atoms with van der Waals surface area (Å²) in [5.74, 6) is 1.00. The predicted molar refractivity (Wildman–Crippen MR) is 125 cm³/mol. The van der Waals surface area contributed by atoms with Crippen molar-refractivity contribution in [2.45, 2.75) is 39.7 Å². The first-order chi connectivity index (χ1) is 14.6. The molecule has 2 heterocycles. The van der Waals surface area contributed by atoms with Crippen LogP contribution in [0, 0.1) is 13.8 Å². The average molecular weight is 416 g/mol. The van der Waals surface area contributed by atoms with E-state index in [9.17, 15) is 0 Å². The van der Waals surface area contributed by atoms with Crippen molar-refractivity contribution in [3.05, 3.63) is 34.9 Å². The molecule has 1 aromatic carbocycles. The summed E-state index contributed by atoms with van der Waals surface area (Å²) in [6.07, 6.45) is 2.53.